The van der Waals surface area contributed by atoms with Crippen LogP contribution in [0, 0.1) is 0 Å². The summed E-state index contributed by atoms with van der Waals surface area (Å²) in [6.07, 6.45) is 4.02. The van der Waals surface area contributed by atoms with Crippen molar-refractivity contribution in [3.8, 4) is 11.4 Å². The van der Waals surface area contributed by atoms with Crippen LogP contribution in [0.5, 0.6) is 0 Å². The van der Waals surface area contributed by atoms with Crippen molar-refractivity contribution in [2.45, 2.75) is 0 Å². The van der Waals surface area contributed by atoms with Gasteiger partial charge in [-0.25, -0.2) is 9.55 Å². The van der Waals surface area contributed by atoms with Gasteiger partial charge in [-0.05, 0) is 24.3 Å². The summed E-state index contributed by atoms with van der Waals surface area (Å²) in [6.45, 7) is 0. The van der Waals surface area contributed by atoms with Crippen LogP contribution in [0.15, 0.2) is 42.7 Å². The van der Waals surface area contributed by atoms with E-state index >= 15 is 0 Å². The van der Waals surface area contributed by atoms with Crippen molar-refractivity contribution in [2.75, 3.05) is 0 Å². The molecule has 3 nitrogen and oxygen atoms in total. The molecule has 5 heteroatoms. The third kappa shape index (κ3) is 2.49. The molecule has 2 aromatic heterocycles. The van der Waals surface area contributed by atoms with Gasteiger partial charge in [0.1, 0.15) is 12.9 Å². The highest BCUT2D eigenvalue weighted by Crippen LogP contribution is 2.21. The molecule has 3 rings (SSSR count). The second-order valence-electron chi connectivity index (χ2n) is 4.00. The van der Waals surface area contributed by atoms with Crippen LogP contribution in [0.1, 0.15) is 0 Å². The van der Waals surface area contributed by atoms with E-state index in [0.29, 0.717) is 5.02 Å². The number of imidazole rings is 1. The minimum absolute atomic E-state index is 0. The fourth-order valence-electron chi connectivity index (χ4n) is 1.85. The summed E-state index contributed by atoms with van der Waals surface area (Å²) in [4.78, 5) is 7.81. The third-order valence-electron chi connectivity index (χ3n) is 2.66. The lowest BCUT2D eigenvalue weighted by Crippen LogP contribution is -3.00. The molecule has 0 aliphatic rings. The van der Waals surface area contributed by atoms with Crippen molar-refractivity contribution in [1.82, 2.24) is 9.97 Å². The maximum atomic E-state index is 5.95. The van der Waals surface area contributed by atoms with Crippen LogP contribution >= 0.6 is 11.6 Å². The van der Waals surface area contributed by atoms with Crippen molar-refractivity contribution in [1.29, 1.82) is 0 Å². The van der Waals surface area contributed by atoms with Gasteiger partial charge in [0.15, 0.2) is 12.4 Å². The van der Waals surface area contributed by atoms with Crippen LogP contribution < -0.4 is 28.5 Å². The van der Waals surface area contributed by atoms with Gasteiger partial charge >= 0.3 is 0 Å². The number of hydrogen-bond donors (Lipinski definition) is 1. The zero-order valence-corrected chi connectivity index (χ0v) is 12.6. The minimum Gasteiger partial charge on any atom is -1.00 e. The number of benzene rings is 1. The third-order valence-corrected chi connectivity index (χ3v) is 2.89. The summed E-state index contributed by atoms with van der Waals surface area (Å²) in [5.41, 5.74) is 2.94. The van der Waals surface area contributed by atoms with E-state index in [1.165, 1.54) is 0 Å². The lowest BCUT2D eigenvalue weighted by molar-refractivity contribution is -0.671. The number of aromatic amines is 1. The number of aryl methyl sites for hydroxylation is 1. The molecule has 3 aromatic rings. The highest BCUT2D eigenvalue weighted by Gasteiger charge is 2.07. The molecular formula is C13H11ClIN3. The van der Waals surface area contributed by atoms with Crippen molar-refractivity contribution < 1.29 is 28.5 Å². The van der Waals surface area contributed by atoms with E-state index in [1.807, 2.05) is 54.3 Å². The average molecular weight is 372 g/mol. The molecule has 0 aliphatic heterocycles. The van der Waals surface area contributed by atoms with E-state index in [0.717, 1.165) is 22.4 Å². The standard InChI is InChI=1S/C13H11ClN3.HI/c1-17-6-2-3-9(8-17)13-15-11-5-4-10(14)7-12(11)16-13;/h2-8H,1H3,(H,15,16);1H/q+1;/p-1. The Morgan fingerprint density at radius 1 is 1.28 bits per heavy atom. The molecule has 0 radical (unpaired) electrons. The molecule has 0 amide bonds. The van der Waals surface area contributed by atoms with Crippen LogP contribution in [0.3, 0.4) is 0 Å². The van der Waals surface area contributed by atoms with Crippen LogP contribution in [0.4, 0.5) is 0 Å². The van der Waals surface area contributed by atoms with Crippen molar-refractivity contribution in [3.05, 3.63) is 47.7 Å². The van der Waals surface area contributed by atoms with Crippen LogP contribution in [-0.4, -0.2) is 9.97 Å². The zero-order chi connectivity index (χ0) is 11.8. The number of aromatic nitrogens is 3. The van der Waals surface area contributed by atoms with Gasteiger partial charge in [0.05, 0.1) is 16.6 Å². The second kappa shape index (κ2) is 5.24. The van der Waals surface area contributed by atoms with E-state index < -0.39 is 0 Å². The first-order chi connectivity index (χ1) is 8.22. The number of rotatable bonds is 1. The average Bonchev–Trinajstić information content (AvgIpc) is 2.72. The van der Waals surface area contributed by atoms with E-state index in [2.05, 4.69) is 9.97 Å². The summed E-state index contributed by atoms with van der Waals surface area (Å²) in [5.74, 6) is 0.860. The molecule has 0 fully saturated rings. The van der Waals surface area contributed by atoms with Gasteiger partial charge in [-0.1, -0.05) is 11.6 Å². The topological polar surface area (TPSA) is 32.6 Å². The maximum Gasteiger partial charge on any atom is 0.179 e. The lowest BCUT2D eigenvalue weighted by atomic mass is 10.3. The Morgan fingerprint density at radius 2 is 2.11 bits per heavy atom. The number of H-pyrrole nitrogens is 1. The zero-order valence-electron chi connectivity index (χ0n) is 9.69. The van der Waals surface area contributed by atoms with Crippen LogP contribution in [-0.2, 0) is 7.05 Å². The fraction of sp³-hybridized carbons (Fsp3) is 0.0769. The Bertz CT molecular complexity index is 694. The Morgan fingerprint density at radius 3 is 2.89 bits per heavy atom. The number of nitrogens with zero attached hydrogens (tertiary/aromatic N) is 2. The molecule has 1 aromatic carbocycles. The SMILES string of the molecule is C[n+]1cccc(-c2nc3ccc(Cl)cc3[nH]2)c1.[I-]. The normalized spacial score (nSPS) is 10.3. The molecule has 92 valence electrons. The Kier molecular flexibility index (Phi) is 3.87. The molecular weight excluding hydrogens is 361 g/mol. The van der Waals surface area contributed by atoms with Gasteiger partial charge in [-0.15, -0.1) is 0 Å². The Labute approximate surface area is 127 Å². The van der Waals surface area contributed by atoms with E-state index in [1.54, 1.807) is 0 Å². The largest absolute Gasteiger partial charge is 1.00 e. The monoisotopic (exact) mass is 371 g/mol. The van der Waals surface area contributed by atoms with Crippen molar-refractivity contribution in [3.63, 3.8) is 0 Å². The molecule has 0 saturated carbocycles. The van der Waals surface area contributed by atoms with Gasteiger partial charge in [-0.3, -0.25) is 0 Å². The summed E-state index contributed by atoms with van der Waals surface area (Å²) in [7, 11) is 1.99. The summed E-state index contributed by atoms with van der Waals surface area (Å²) in [5, 5.41) is 0.714. The predicted molar refractivity (Wildman–Crippen MR) is 67.7 cm³/mol. The van der Waals surface area contributed by atoms with E-state index in [4.69, 9.17) is 11.6 Å². The lowest BCUT2D eigenvalue weighted by Gasteiger charge is -1.92. The van der Waals surface area contributed by atoms with Gasteiger partial charge in [0.25, 0.3) is 0 Å². The summed E-state index contributed by atoms with van der Waals surface area (Å²) < 4.78 is 2.00. The van der Waals surface area contributed by atoms with Gasteiger partial charge < -0.3 is 29.0 Å². The molecule has 0 spiro atoms. The Hall–Kier alpha value is -1.14. The van der Waals surface area contributed by atoms with E-state index in [9.17, 15) is 0 Å². The number of hydrogen-bond acceptors (Lipinski definition) is 1. The first-order valence-electron chi connectivity index (χ1n) is 5.33. The molecule has 0 bridgehead atoms. The highest BCUT2D eigenvalue weighted by atomic mass is 127. The molecule has 0 unspecified atom stereocenters. The van der Waals surface area contributed by atoms with Gasteiger partial charge in [-0.2, -0.15) is 0 Å². The number of nitrogens with one attached hydrogen (secondary N) is 1. The summed E-state index contributed by atoms with van der Waals surface area (Å²) in [6, 6.07) is 9.67. The molecule has 2 heterocycles. The molecule has 0 aliphatic carbocycles. The second-order valence-corrected chi connectivity index (χ2v) is 4.44. The molecule has 0 saturated heterocycles. The Balaban J connectivity index is 0.00000120. The fourth-order valence-corrected chi connectivity index (χ4v) is 2.02. The number of halogens is 2. The van der Waals surface area contributed by atoms with Crippen LogP contribution in [0.2, 0.25) is 5.02 Å². The summed E-state index contributed by atoms with van der Waals surface area (Å²) >= 11 is 5.95. The maximum absolute atomic E-state index is 5.95. The quantitative estimate of drug-likeness (QED) is 0.463. The van der Waals surface area contributed by atoms with E-state index in [-0.39, 0.29) is 24.0 Å². The van der Waals surface area contributed by atoms with Crippen molar-refractivity contribution in [2.24, 2.45) is 7.05 Å². The smallest absolute Gasteiger partial charge is 0.179 e. The van der Waals surface area contributed by atoms with Gasteiger partial charge in [0, 0.05) is 11.1 Å². The molecule has 18 heavy (non-hydrogen) atoms. The number of fused-ring (bicyclic) bond motifs is 1. The predicted octanol–water partition coefficient (Wildman–Crippen LogP) is -0.288. The first-order valence-corrected chi connectivity index (χ1v) is 5.71. The highest BCUT2D eigenvalue weighted by molar-refractivity contribution is 6.31. The van der Waals surface area contributed by atoms with Crippen LogP contribution in [0.25, 0.3) is 22.4 Å². The first kappa shape index (κ1) is 13.3. The van der Waals surface area contributed by atoms with Crippen molar-refractivity contribution >= 4 is 22.6 Å². The minimum atomic E-state index is 0. The molecule has 1 N–H and O–H groups in total. The molecule has 0 atom stereocenters. The number of pyridine rings is 1. The van der Waals surface area contributed by atoms with Gasteiger partial charge in [0.2, 0.25) is 0 Å².